The number of hydrogen-bond donors (Lipinski definition) is 1. The van der Waals surface area contributed by atoms with Crippen molar-refractivity contribution in [2.75, 3.05) is 0 Å². The molecule has 1 saturated carbocycles. The van der Waals surface area contributed by atoms with Crippen LogP contribution < -0.4 is 5.73 Å². The van der Waals surface area contributed by atoms with Gasteiger partial charge in [-0.2, -0.15) is 0 Å². The van der Waals surface area contributed by atoms with E-state index in [0.29, 0.717) is 6.04 Å². The van der Waals surface area contributed by atoms with Crippen LogP contribution in [0, 0.1) is 0 Å². The van der Waals surface area contributed by atoms with E-state index < -0.39 is 0 Å². The molecule has 1 nitrogen and oxygen atoms in total. The van der Waals surface area contributed by atoms with Gasteiger partial charge in [0.05, 0.1) is 0 Å². The zero-order valence-corrected chi connectivity index (χ0v) is 7.80. The fourth-order valence-corrected chi connectivity index (χ4v) is 2.43. The highest BCUT2D eigenvalue weighted by atomic mass is 127. The summed E-state index contributed by atoms with van der Waals surface area (Å²) in [5.74, 6) is 0. The molecule has 0 unspecified atom stereocenters. The van der Waals surface area contributed by atoms with Gasteiger partial charge in [-0.05, 0) is 19.3 Å². The molecule has 0 radical (unpaired) electrons. The molecule has 0 aromatic rings. The minimum atomic E-state index is 0.495. The second-order valence-electron chi connectivity index (χ2n) is 2.88. The van der Waals surface area contributed by atoms with Crippen molar-refractivity contribution >= 4 is 22.6 Å². The van der Waals surface area contributed by atoms with Crippen LogP contribution in [0.3, 0.4) is 0 Å². The average molecular weight is 239 g/mol. The third-order valence-electron chi connectivity index (χ3n) is 1.90. The third-order valence-corrected chi connectivity index (χ3v) is 3.03. The monoisotopic (exact) mass is 239 g/mol. The van der Waals surface area contributed by atoms with Crippen molar-refractivity contribution < 1.29 is 0 Å². The lowest BCUT2D eigenvalue weighted by Crippen LogP contribution is -2.21. The van der Waals surface area contributed by atoms with Gasteiger partial charge in [0, 0.05) is 9.97 Å². The lowest BCUT2D eigenvalue weighted by molar-refractivity contribution is 0.592. The van der Waals surface area contributed by atoms with E-state index >= 15 is 0 Å². The Kier molecular flexibility index (Phi) is 3.26. The molecule has 0 aromatic heterocycles. The maximum absolute atomic E-state index is 5.82. The molecule has 0 amide bonds. The van der Waals surface area contributed by atoms with E-state index in [1.54, 1.807) is 0 Å². The molecular weight excluding hydrogens is 225 g/mol. The van der Waals surface area contributed by atoms with Crippen molar-refractivity contribution in [1.82, 2.24) is 0 Å². The van der Waals surface area contributed by atoms with Crippen molar-refractivity contribution in [3.63, 3.8) is 0 Å². The Hall–Kier alpha value is 0.690. The van der Waals surface area contributed by atoms with Crippen LogP contribution in [0.15, 0.2) is 0 Å². The van der Waals surface area contributed by atoms with E-state index in [9.17, 15) is 0 Å². The van der Waals surface area contributed by atoms with Crippen LogP contribution in [-0.2, 0) is 0 Å². The Bertz CT molecular complexity index is 75.0. The highest BCUT2D eigenvalue weighted by Gasteiger charge is 2.13. The molecule has 2 atom stereocenters. The first-order valence-corrected chi connectivity index (χ1v) is 4.93. The van der Waals surface area contributed by atoms with Gasteiger partial charge >= 0.3 is 0 Å². The number of hydrogen-bond acceptors (Lipinski definition) is 1. The zero-order chi connectivity index (χ0) is 6.69. The number of rotatable bonds is 0. The number of alkyl halides is 1. The van der Waals surface area contributed by atoms with E-state index in [4.69, 9.17) is 5.73 Å². The molecule has 0 bridgehead atoms. The van der Waals surface area contributed by atoms with E-state index in [-0.39, 0.29) is 0 Å². The van der Waals surface area contributed by atoms with Crippen LogP contribution in [0.25, 0.3) is 0 Å². The largest absolute Gasteiger partial charge is 0.328 e. The quantitative estimate of drug-likeness (QED) is 0.391. The average Bonchev–Trinajstić information content (AvgIpc) is 1.93. The Morgan fingerprint density at radius 2 is 1.89 bits per heavy atom. The third kappa shape index (κ3) is 2.85. The van der Waals surface area contributed by atoms with Crippen molar-refractivity contribution in [2.24, 2.45) is 5.73 Å². The van der Waals surface area contributed by atoms with Gasteiger partial charge in [-0.3, -0.25) is 0 Å². The first-order chi connectivity index (χ1) is 4.29. The highest BCUT2D eigenvalue weighted by Crippen LogP contribution is 2.22. The van der Waals surface area contributed by atoms with Gasteiger partial charge in [0.15, 0.2) is 0 Å². The fourth-order valence-electron chi connectivity index (χ4n) is 1.34. The lowest BCUT2D eigenvalue weighted by Gasteiger charge is -2.08. The smallest absolute Gasteiger partial charge is 0.0124 e. The molecule has 0 saturated heterocycles. The minimum Gasteiger partial charge on any atom is -0.328 e. The van der Waals surface area contributed by atoms with Crippen LogP contribution in [0.5, 0.6) is 0 Å². The van der Waals surface area contributed by atoms with Crippen molar-refractivity contribution in [1.29, 1.82) is 0 Å². The predicted molar refractivity (Wildman–Crippen MR) is 48.9 cm³/mol. The molecule has 0 heterocycles. The van der Waals surface area contributed by atoms with Crippen molar-refractivity contribution in [3.05, 3.63) is 0 Å². The Morgan fingerprint density at radius 3 is 2.67 bits per heavy atom. The second kappa shape index (κ2) is 3.76. The van der Waals surface area contributed by atoms with Crippen LogP contribution in [0.4, 0.5) is 0 Å². The Labute approximate surface area is 70.5 Å². The summed E-state index contributed by atoms with van der Waals surface area (Å²) < 4.78 is 0.847. The fraction of sp³-hybridized carbons (Fsp3) is 1.00. The van der Waals surface area contributed by atoms with Gasteiger partial charge in [-0.1, -0.05) is 35.4 Å². The molecule has 9 heavy (non-hydrogen) atoms. The van der Waals surface area contributed by atoms with Gasteiger partial charge in [-0.15, -0.1) is 0 Å². The Morgan fingerprint density at radius 1 is 1.22 bits per heavy atom. The molecular formula is C7H14IN. The Balaban J connectivity index is 2.29. The molecule has 0 aliphatic heterocycles. The highest BCUT2D eigenvalue weighted by molar-refractivity contribution is 14.1. The number of nitrogens with two attached hydrogens (primary N) is 1. The van der Waals surface area contributed by atoms with Crippen LogP contribution in [-0.4, -0.2) is 9.97 Å². The summed E-state index contributed by atoms with van der Waals surface area (Å²) in [5, 5.41) is 0. The van der Waals surface area contributed by atoms with Gasteiger partial charge in [-0.25, -0.2) is 0 Å². The van der Waals surface area contributed by atoms with E-state index in [1.807, 2.05) is 0 Å². The molecule has 1 fully saturated rings. The van der Waals surface area contributed by atoms with E-state index in [2.05, 4.69) is 22.6 Å². The zero-order valence-electron chi connectivity index (χ0n) is 5.65. The van der Waals surface area contributed by atoms with Crippen LogP contribution in [0.2, 0.25) is 0 Å². The van der Waals surface area contributed by atoms with Gasteiger partial charge < -0.3 is 5.73 Å². The first-order valence-electron chi connectivity index (χ1n) is 3.68. The standard InChI is InChI=1S/C7H14IN/c8-6-3-1-2-4-7(9)5-6/h6-7H,1-5,9H2/t6-,7+/m1/s1. The number of halogens is 1. The van der Waals surface area contributed by atoms with E-state index in [0.717, 1.165) is 3.92 Å². The van der Waals surface area contributed by atoms with Gasteiger partial charge in [0.2, 0.25) is 0 Å². The van der Waals surface area contributed by atoms with Crippen molar-refractivity contribution in [2.45, 2.75) is 42.1 Å². The SMILES string of the molecule is N[C@H]1CCCC[C@@H](I)C1. The minimum absolute atomic E-state index is 0.495. The summed E-state index contributed by atoms with van der Waals surface area (Å²) in [4.78, 5) is 0. The van der Waals surface area contributed by atoms with E-state index in [1.165, 1.54) is 32.1 Å². The maximum Gasteiger partial charge on any atom is 0.0124 e. The second-order valence-corrected chi connectivity index (χ2v) is 4.64. The van der Waals surface area contributed by atoms with Gasteiger partial charge in [0.1, 0.15) is 0 Å². The summed E-state index contributed by atoms with van der Waals surface area (Å²) in [5.41, 5.74) is 5.82. The van der Waals surface area contributed by atoms with Crippen molar-refractivity contribution in [3.8, 4) is 0 Å². The van der Waals surface area contributed by atoms with Crippen LogP contribution >= 0.6 is 22.6 Å². The summed E-state index contributed by atoms with van der Waals surface area (Å²) in [6.07, 6.45) is 6.61. The molecule has 0 spiro atoms. The summed E-state index contributed by atoms with van der Waals surface area (Å²) in [7, 11) is 0. The van der Waals surface area contributed by atoms with Crippen LogP contribution in [0.1, 0.15) is 32.1 Å². The first kappa shape index (κ1) is 7.79. The predicted octanol–water partition coefficient (Wildman–Crippen LogP) is 2.08. The summed E-state index contributed by atoms with van der Waals surface area (Å²) in [6, 6.07) is 0.495. The lowest BCUT2D eigenvalue weighted by atomic mass is 10.1. The molecule has 1 aliphatic carbocycles. The normalized spacial score (nSPS) is 38.0. The summed E-state index contributed by atoms with van der Waals surface area (Å²) in [6.45, 7) is 0. The maximum atomic E-state index is 5.82. The molecule has 1 aliphatic rings. The molecule has 1 rings (SSSR count). The molecule has 0 aromatic carbocycles. The summed E-state index contributed by atoms with van der Waals surface area (Å²) >= 11 is 2.52. The molecule has 2 heteroatoms. The topological polar surface area (TPSA) is 26.0 Å². The van der Waals surface area contributed by atoms with Gasteiger partial charge in [0.25, 0.3) is 0 Å². The molecule has 54 valence electrons. The molecule has 2 N–H and O–H groups in total.